The van der Waals surface area contributed by atoms with Crippen molar-refractivity contribution in [3.05, 3.63) is 24.3 Å². The Kier molecular flexibility index (Phi) is 3.45. The van der Waals surface area contributed by atoms with Gasteiger partial charge in [-0.05, 0) is 25.0 Å². The molecule has 1 aromatic rings. The van der Waals surface area contributed by atoms with E-state index in [4.69, 9.17) is 5.41 Å². The summed E-state index contributed by atoms with van der Waals surface area (Å²) in [6, 6.07) is 5.75. The minimum absolute atomic E-state index is 0.252. The summed E-state index contributed by atoms with van der Waals surface area (Å²) in [7, 11) is 0. The van der Waals surface area contributed by atoms with Gasteiger partial charge in [-0.15, -0.1) is 13.2 Å². The van der Waals surface area contributed by atoms with Crippen LogP contribution >= 0.6 is 0 Å². The molecule has 0 unspecified atom stereocenters. The van der Waals surface area contributed by atoms with Crippen LogP contribution < -0.4 is 9.64 Å². The summed E-state index contributed by atoms with van der Waals surface area (Å²) in [5.41, 5.74) is 0.571. The minimum Gasteiger partial charge on any atom is -0.406 e. The lowest BCUT2D eigenvalue weighted by Crippen LogP contribution is -2.34. The lowest BCUT2D eigenvalue weighted by molar-refractivity contribution is -0.274. The predicted molar refractivity (Wildman–Crippen MR) is 62.0 cm³/mol. The third kappa shape index (κ3) is 3.15. The molecule has 3 nitrogen and oxygen atoms in total. The molecule has 1 saturated heterocycles. The first-order valence-electron chi connectivity index (χ1n) is 5.66. The summed E-state index contributed by atoms with van der Waals surface area (Å²) in [6.07, 6.45) is -2.14. The van der Waals surface area contributed by atoms with Crippen molar-refractivity contribution >= 4 is 11.5 Å². The Morgan fingerprint density at radius 1 is 1.22 bits per heavy atom. The molecule has 1 aliphatic rings. The highest BCUT2D eigenvalue weighted by Crippen LogP contribution is 2.28. The molecule has 0 spiro atoms. The number of benzene rings is 1. The zero-order valence-electron chi connectivity index (χ0n) is 9.63. The van der Waals surface area contributed by atoms with Gasteiger partial charge in [-0.2, -0.15) is 0 Å². The zero-order chi connectivity index (χ0) is 13.2. The molecule has 1 heterocycles. The van der Waals surface area contributed by atoms with Crippen LogP contribution in [0.1, 0.15) is 19.3 Å². The topological polar surface area (TPSA) is 36.3 Å². The standard InChI is InChI=1S/C12H13F3N2O/c13-12(14,15)18-10-5-3-4-9(8-10)17-7-2-1-6-11(17)16/h3-5,8,16H,1-2,6-7H2. The van der Waals surface area contributed by atoms with E-state index < -0.39 is 6.36 Å². The number of anilines is 1. The van der Waals surface area contributed by atoms with E-state index in [2.05, 4.69) is 4.74 Å². The van der Waals surface area contributed by atoms with Crippen molar-refractivity contribution in [3.8, 4) is 5.75 Å². The van der Waals surface area contributed by atoms with Crippen molar-refractivity contribution in [1.82, 2.24) is 0 Å². The second kappa shape index (κ2) is 4.88. The molecule has 0 amide bonds. The maximum atomic E-state index is 12.1. The number of nitrogens with one attached hydrogen (secondary N) is 1. The number of hydrogen-bond acceptors (Lipinski definition) is 2. The normalized spacial score (nSPS) is 16.8. The van der Waals surface area contributed by atoms with Crippen molar-refractivity contribution < 1.29 is 17.9 Å². The first kappa shape index (κ1) is 12.7. The first-order chi connectivity index (χ1) is 8.46. The fourth-order valence-electron chi connectivity index (χ4n) is 1.97. The number of amidine groups is 1. The summed E-state index contributed by atoms with van der Waals surface area (Å²) < 4.78 is 40.2. The second-order valence-corrected chi connectivity index (χ2v) is 4.10. The molecule has 0 saturated carbocycles. The Labute approximate surface area is 103 Å². The fourth-order valence-corrected chi connectivity index (χ4v) is 1.97. The molecular weight excluding hydrogens is 245 g/mol. The molecule has 0 atom stereocenters. The Morgan fingerprint density at radius 3 is 2.67 bits per heavy atom. The average molecular weight is 258 g/mol. The summed E-state index contributed by atoms with van der Waals surface area (Å²) in [5.74, 6) is 0.184. The van der Waals surface area contributed by atoms with Crippen LogP contribution in [0.4, 0.5) is 18.9 Å². The van der Waals surface area contributed by atoms with Crippen LogP contribution in [0, 0.1) is 5.41 Å². The molecule has 18 heavy (non-hydrogen) atoms. The Balaban J connectivity index is 2.18. The zero-order valence-corrected chi connectivity index (χ0v) is 9.63. The highest BCUT2D eigenvalue weighted by molar-refractivity contribution is 5.96. The van der Waals surface area contributed by atoms with Gasteiger partial charge >= 0.3 is 6.36 Å². The second-order valence-electron chi connectivity index (χ2n) is 4.10. The minimum atomic E-state index is -4.69. The third-order valence-corrected chi connectivity index (χ3v) is 2.73. The maximum absolute atomic E-state index is 12.1. The van der Waals surface area contributed by atoms with Gasteiger partial charge in [-0.1, -0.05) is 6.07 Å². The van der Waals surface area contributed by atoms with Crippen LogP contribution in [0.25, 0.3) is 0 Å². The number of halogens is 3. The van der Waals surface area contributed by atoms with E-state index >= 15 is 0 Å². The Bertz CT molecular complexity index is 445. The van der Waals surface area contributed by atoms with Crippen LogP contribution in [0.2, 0.25) is 0 Å². The van der Waals surface area contributed by atoms with E-state index in [0.717, 1.165) is 12.8 Å². The van der Waals surface area contributed by atoms with E-state index in [1.165, 1.54) is 18.2 Å². The van der Waals surface area contributed by atoms with E-state index in [1.807, 2.05) is 0 Å². The number of alkyl halides is 3. The van der Waals surface area contributed by atoms with E-state index in [-0.39, 0.29) is 5.75 Å². The van der Waals surface area contributed by atoms with Gasteiger partial charge in [0.15, 0.2) is 0 Å². The van der Waals surface area contributed by atoms with E-state index in [9.17, 15) is 13.2 Å². The van der Waals surface area contributed by atoms with E-state index in [1.54, 1.807) is 11.0 Å². The summed E-state index contributed by atoms with van der Waals surface area (Å²) in [5, 5.41) is 7.80. The Hall–Kier alpha value is -1.72. The van der Waals surface area contributed by atoms with Crippen LogP contribution in [0.5, 0.6) is 5.75 Å². The van der Waals surface area contributed by atoms with Crippen molar-refractivity contribution in [2.75, 3.05) is 11.4 Å². The SMILES string of the molecule is N=C1CCCCN1c1cccc(OC(F)(F)F)c1. The van der Waals surface area contributed by atoms with Crippen molar-refractivity contribution in [2.24, 2.45) is 0 Å². The largest absolute Gasteiger partial charge is 0.573 e. The quantitative estimate of drug-likeness (QED) is 0.880. The highest BCUT2D eigenvalue weighted by Gasteiger charge is 2.31. The number of ether oxygens (including phenoxy) is 1. The molecule has 0 aliphatic carbocycles. The number of hydrogen-bond donors (Lipinski definition) is 1. The highest BCUT2D eigenvalue weighted by atomic mass is 19.4. The molecule has 6 heteroatoms. The van der Waals surface area contributed by atoms with Gasteiger partial charge in [0.2, 0.25) is 0 Å². The number of piperidine rings is 1. The van der Waals surface area contributed by atoms with Crippen molar-refractivity contribution in [1.29, 1.82) is 5.41 Å². The molecule has 1 aliphatic heterocycles. The maximum Gasteiger partial charge on any atom is 0.573 e. The van der Waals surface area contributed by atoms with Gasteiger partial charge in [-0.3, -0.25) is 5.41 Å². The summed E-state index contributed by atoms with van der Waals surface area (Å²) in [4.78, 5) is 1.72. The molecule has 1 fully saturated rings. The predicted octanol–water partition coefficient (Wildman–Crippen LogP) is 3.55. The van der Waals surface area contributed by atoms with Crippen LogP contribution in [0.15, 0.2) is 24.3 Å². The average Bonchev–Trinajstić information content (AvgIpc) is 2.27. The summed E-state index contributed by atoms with van der Waals surface area (Å²) in [6.45, 7) is 0.661. The Morgan fingerprint density at radius 2 is 2.00 bits per heavy atom. The lowest BCUT2D eigenvalue weighted by atomic mass is 10.1. The first-order valence-corrected chi connectivity index (χ1v) is 5.66. The monoisotopic (exact) mass is 258 g/mol. The van der Waals surface area contributed by atoms with Gasteiger partial charge < -0.3 is 9.64 Å². The molecule has 2 rings (SSSR count). The molecule has 98 valence electrons. The molecular formula is C12H13F3N2O. The lowest BCUT2D eigenvalue weighted by Gasteiger charge is -2.29. The molecule has 0 radical (unpaired) electrons. The van der Waals surface area contributed by atoms with Gasteiger partial charge in [0.25, 0.3) is 0 Å². The van der Waals surface area contributed by atoms with Gasteiger partial charge in [0.05, 0.1) is 0 Å². The molecule has 1 N–H and O–H groups in total. The third-order valence-electron chi connectivity index (χ3n) is 2.73. The van der Waals surface area contributed by atoms with Crippen molar-refractivity contribution in [3.63, 3.8) is 0 Å². The van der Waals surface area contributed by atoms with Crippen LogP contribution in [0.3, 0.4) is 0 Å². The number of nitrogens with zero attached hydrogens (tertiary/aromatic N) is 1. The van der Waals surface area contributed by atoms with Crippen LogP contribution in [-0.2, 0) is 0 Å². The molecule has 0 bridgehead atoms. The van der Waals surface area contributed by atoms with Gasteiger partial charge in [0, 0.05) is 24.7 Å². The van der Waals surface area contributed by atoms with Crippen LogP contribution in [-0.4, -0.2) is 18.7 Å². The number of rotatable bonds is 2. The molecule has 1 aromatic carbocycles. The summed E-state index contributed by atoms with van der Waals surface area (Å²) >= 11 is 0. The smallest absolute Gasteiger partial charge is 0.406 e. The van der Waals surface area contributed by atoms with Crippen molar-refractivity contribution in [2.45, 2.75) is 25.6 Å². The van der Waals surface area contributed by atoms with Gasteiger partial charge in [0.1, 0.15) is 11.6 Å². The molecule has 0 aromatic heterocycles. The van der Waals surface area contributed by atoms with Gasteiger partial charge in [-0.25, -0.2) is 0 Å². The van der Waals surface area contributed by atoms with E-state index in [0.29, 0.717) is 24.5 Å². The fraction of sp³-hybridized carbons (Fsp3) is 0.417.